The van der Waals surface area contributed by atoms with Crippen molar-refractivity contribution in [1.29, 1.82) is 0 Å². The van der Waals surface area contributed by atoms with E-state index in [2.05, 4.69) is 0 Å². The van der Waals surface area contributed by atoms with E-state index in [9.17, 15) is 0 Å². The van der Waals surface area contributed by atoms with E-state index in [1.165, 1.54) is 0 Å². The summed E-state index contributed by atoms with van der Waals surface area (Å²) in [5.41, 5.74) is 0. The number of rotatable bonds is 0. The van der Waals surface area contributed by atoms with Crippen LogP contribution in [0.3, 0.4) is 0 Å². The van der Waals surface area contributed by atoms with Crippen LogP contribution in [0, 0.1) is 22.3 Å². The molecule has 0 aliphatic rings. The zero-order valence-corrected chi connectivity index (χ0v) is 8.14. The smallest absolute Gasteiger partial charge is 0 e. The summed E-state index contributed by atoms with van der Waals surface area (Å²) in [7, 11) is 0. The van der Waals surface area contributed by atoms with Crippen molar-refractivity contribution in [3.8, 4) is 0 Å². The van der Waals surface area contributed by atoms with Gasteiger partial charge in [0, 0.05) is 17.1 Å². The van der Waals surface area contributed by atoms with Crippen LogP contribution < -0.4 is 0 Å². The first-order valence-electron chi connectivity index (χ1n) is 0. The van der Waals surface area contributed by atoms with Crippen molar-refractivity contribution in [2.24, 2.45) is 0 Å². The zero-order chi connectivity index (χ0) is 0. The van der Waals surface area contributed by atoms with Gasteiger partial charge in [0.15, 0.2) is 0 Å². The molecule has 2 N–H and O–H groups in total. The minimum atomic E-state index is 0. The SMILES string of the molecule is [CH3-].[CH3-].[CH3-].[Mn].[NH2-].[SiH3]. The molecule has 0 atom stereocenters. The number of nitrogens with two attached hydrogens (primary N) is 1. The number of hydrogen-bond acceptors (Lipinski definition) is 0. The molecule has 0 aromatic heterocycles. The van der Waals surface area contributed by atoms with E-state index in [4.69, 9.17) is 0 Å². The van der Waals surface area contributed by atoms with Gasteiger partial charge in [-0.05, 0) is 11.0 Å². The van der Waals surface area contributed by atoms with Crippen LogP contribution in [0.1, 0.15) is 0 Å². The second-order valence-corrected chi connectivity index (χ2v) is 0. The van der Waals surface area contributed by atoms with Crippen LogP contribution in [0.15, 0.2) is 0 Å². The average Bonchev–Trinajstić information content (AvgIpc) is 0. The quantitative estimate of drug-likeness (QED) is 0.360. The Morgan fingerprint density at radius 2 is 0.667 bits per heavy atom. The minimum absolute atomic E-state index is 0. The van der Waals surface area contributed by atoms with Gasteiger partial charge >= 0.3 is 0 Å². The van der Waals surface area contributed by atoms with Crippen LogP contribution in [0.5, 0.6) is 0 Å². The van der Waals surface area contributed by atoms with E-state index in [0.717, 1.165) is 0 Å². The van der Waals surface area contributed by atoms with Crippen molar-refractivity contribution >= 4 is 11.0 Å². The molecule has 0 rings (SSSR count). The van der Waals surface area contributed by atoms with Gasteiger partial charge in [0.1, 0.15) is 0 Å². The van der Waals surface area contributed by atoms with E-state index in [1.807, 2.05) is 0 Å². The monoisotopic (exact) mass is 147 g/mol. The molecule has 2 radical (unpaired) electrons. The first-order valence-corrected chi connectivity index (χ1v) is 0. The van der Waals surface area contributed by atoms with Crippen molar-refractivity contribution < 1.29 is 17.1 Å². The first-order chi connectivity index (χ1) is 0. The fourth-order valence-electron chi connectivity index (χ4n) is 0. The van der Waals surface area contributed by atoms with E-state index in [1.54, 1.807) is 0 Å². The van der Waals surface area contributed by atoms with Crippen LogP contribution in [0.25, 0.3) is 6.15 Å². The van der Waals surface area contributed by atoms with Gasteiger partial charge < -0.3 is 28.4 Å². The normalized spacial score (nSPS) is 0. The van der Waals surface area contributed by atoms with Crippen LogP contribution in [0.2, 0.25) is 0 Å². The van der Waals surface area contributed by atoms with Gasteiger partial charge in [-0.3, -0.25) is 0 Å². The molecule has 3 heteroatoms. The van der Waals surface area contributed by atoms with Crippen LogP contribution in [0.4, 0.5) is 0 Å². The molecule has 0 aromatic carbocycles. The molecule has 1 nitrogen and oxygen atoms in total. The fourth-order valence-corrected chi connectivity index (χ4v) is 0. The van der Waals surface area contributed by atoms with Crippen molar-refractivity contribution in [1.82, 2.24) is 0 Å². The Kier molecular flexibility index (Phi) is 19300. The van der Waals surface area contributed by atoms with Crippen LogP contribution in [-0.4, -0.2) is 11.0 Å². The molecule has 0 amide bonds. The average molecular weight is 147 g/mol. The Hall–Kier alpha value is 0.696. The van der Waals surface area contributed by atoms with E-state index in [-0.39, 0.29) is 56.5 Å². The molecule has 0 aliphatic carbocycles. The van der Waals surface area contributed by atoms with Gasteiger partial charge in [-0.2, -0.15) is 0 Å². The second-order valence-electron chi connectivity index (χ2n) is 0. The third-order valence-electron chi connectivity index (χ3n) is 0. The molecular formula is C3H14MnNSi-4. The van der Waals surface area contributed by atoms with Crippen molar-refractivity contribution in [2.75, 3.05) is 0 Å². The summed E-state index contributed by atoms with van der Waals surface area (Å²) < 4.78 is 0. The predicted molar refractivity (Wildman–Crippen MR) is 34.5 cm³/mol. The summed E-state index contributed by atoms with van der Waals surface area (Å²) in [5.74, 6) is 0. The third-order valence-corrected chi connectivity index (χ3v) is 0. The predicted octanol–water partition coefficient (Wildman–Crippen LogP) is 0.882. The summed E-state index contributed by atoms with van der Waals surface area (Å²) in [5, 5.41) is 0. The van der Waals surface area contributed by atoms with Gasteiger partial charge in [0.25, 0.3) is 0 Å². The van der Waals surface area contributed by atoms with Crippen molar-refractivity contribution in [2.45, 2.75) is 0 Å². The molecule has 0 unspecified atom stereocenters. The minimum Gasteiger partial charge on any atom is -0.693 e. The van der Waals surface area contributed by atoms with Gasteiger partial charge in [-0.25, -0.2) is 0 Å². The van der Waals surface area contributed by atoms with Crippen molar-refractivity contribution in [3.63, 3.8) is 0 Å². The molecular weight excluding hydrogens is 133 g/mol. The fraction of sp³-hybridized carbons (Fsp3) is 0. The molecule has 0 heterocycles. The molecule has 6 heavy (non-hydrogen) atoms. The van der Waals surface area contributed by atoms with E-state index in [0.29, 0.717) is 0 Å². The maximum Gasteiger partial charge on any atom is 0 e. The zero-order valence-electron chi connectivity index (χ0n) is 4.96. The molecule has 0 aromatic rings. The van der Waals surface area contributed by atoms with Gasteiger partial charge in [0.05, 0.1) is 0 Å². The molecule has 0 saturated carbocycles. The summed E-state index contributed by atoms with van der Waals surface area (Å²) in [6.45, 7) is 0. The molecule has 0 aliphatic heterocycles. The number of hydrogen-bond donors (Lipinski definition) is 0. The Balaban J connectivity index is 0. The first kappa shape index (κ1) is 448. The Bertz CT molecular complexity index is 10.8. The molecule has 46 valence electrons. The van der Waals surface area contributed by atoms with E-state index < -0.39 is 0 Å². The summed E-state index contributed by atoms with van der Waals surface area (Å²) in [6.07, 6.45) is 0. The van der Waals surface area contributed by atoms with Gasteiger partial charge in [0.2, 0.25) is 0 Å². The Morgan fingerprint density at radius 1 is 0.667 bits per heavy atom. The van der Waals surface area contributed by atoms with Crippen LogP contribution >= 0.6 is 0 Å². The second kappa shape index (κ2) is 259. The maximum absolute atomic E-state index is 0. The summed E-state index contributed by atoms with van der Waals surface area (Å²) in [6, 6.07) is 0. The summed E-state index contributed by atoms with van der Waals surface area (Å²) in [4.78, 5) is 0. The molecule has 0 spiro atoms. The third kappa shape index (κ3) is 132. The Labute approximate surface area is 57.0 Å². The summed E-state index contributed by atoms with van der Waals surface area (Å²) >= 11 is 0. The van der Waals surface area contributed by atoms with Gasteiger partial charge in [-0.15, -0.1) is 0 Å². The van der Waals surface area contributed by atoms with E-state index >= 15 is 0 Å². The standard InChI is InChI=1S/3CH3.Mn.H2N.H3Si/h3*1H3;;1H2;1H3/q3*-1;;-1;. The van der Waals surface area contributed by atoms with Crippen molar-refractivity contribution in [3.05, 3.63) is 28.4 Å². The molecule has 0 fully saturated rings. The Morgan fingerprint density at radius 3 is 0.667 bits per heavy atom. The largest absolute Gasteiger partial charge is 0.693 e. The molecule has 0 bridgehead atoms. The molecule has 0 saturated heterocycles. The van der Waals surface area contributed by atoms with Gasteiger partial charge in [-0.1, -0.05) is 0 Å². The van der Waals surface area contributed by atoms with Crippen LogP contribution in [-0.2, 0) is 17.1 Å². The maximum atomic E-state index is 0. The topological polar surface area (TPSA) is 33.5 Å².